The summed E-state index contributed by atoms with van der Waals surface area (Å²) in [5.41, 5.74) is 6.23. The Kier molecular flexibility index (Phi) is 5.73. The van der Waals surface area contributed by atoms with E-state index in [0.717, 1.165) is 6.54 Å². The Balaban J connectivity index is 2.44. The van der Waals surface area contributed by atoms with Crippen molar-refractivity contribution in [1.82, 2.24) is 9.80 Å². The van der Waals surface area contributed by atoms with Crippen molar-refractivity contribution in [2.75, 3.05) is 39.8 Å². The van der Waals surface area contributed by atoms with Gasteiger partial charge in [0.15, 0.2) is 0 Å². The Bertz CT molecular complexity index is 188. The molecule has 3 nitrogen and oxygen atoms in total. The molecule has 0 bridgehead atoms. The van der Waals surface area contributed by atoms with Crippen molar-refractivity contribution in [3.63, 3.8) is 0 Å². The summed E-state index contributed by atoms with van der Waals surface area (Å²) < 4.78 is 0. The Labute approximate surface area is 101 Å². The number of piperazine rings is 1. The predicted molar refractivity (Wildman–Crippen MR) is 70.7 cm³/mol. The van der Waals surface area contributed by atoms with Gasteiger partial charge < -0.3 is 10.6 Å². The Morgan fingerprint density at radius 3 is 2.25 bits per heavy atom. The zero-order valence-electron chi connectivity index (χ0n) is 11.3. The normalized spacial score (nSPS) is 23.2. The van der Waals surface area contributed by atoms with Gasteiger partial charge in [0.2, 0.25) is 0 Å². The molecule has 0 aliphatic carbocycles. The minimum Gasteiger partial charge on any atom is -0.329 e. The first-order valence-electron chi connectivity index (χ1n) is 6.76. The summed E-state index contributed by atoms with van der Waals surface area (Å²) in [4.78, 5) is 5.00. The van der Waals surface area contributed by atoms with Gasteiger partial charge in [-0.2, -0.15) is 0 Å². The molecule has 1 heterocycles. The predicted octanol–water partition coefficient (Wildman–Crippen LogP) is 1.53. The summed E-state index contributed by atoms with van der Waals surface area (Å²) in [6, 6.07) is 0. The van der Waals surface area contributed by atoms with Crippen molar-refractivity contribution in [1.29, 1.82) is 0 Å². The van der Waals surface area contributed by atoms with E-state index in [1.54, 1.807) is 0 Å². The number of hydrogen-bond acceptors (Lipinski definition) is 3. The average molecular weight is 227 g/mol. The zero-order valence-corrected chi connectivity index (χ0v) is 11.3. The van der Waals surface area contributed by atoms with Crippen molar-refractivity contribution in [2.24, 2.45) is 5.73 Å². The van der Waals surface area contributed by atoms with Crippen LogP contribution in [0, 0.1) is 0 Å². The van der Waals surface area contributed by atoms with Crippen molar-refractivity contribution < 1.29 is 0 Å². The second-order valence-electron chi connectivity index (χ2n) is 5.45. The number of unbranched alkanes of at least 4 members (excludes halogenated alkanes) is 2. The summed E-state index contributed by atoms with van der Waals surface area (Å²) in [7, 11) is 2.20. The summed E-state index contributed by atoms with van der Waals surface area (Å²) >= 11 is 0. The molecule has 16 heavy (non-hydrogen) atoms. The highest BCUT2D eigenvalue weighted by molar-refractivity contribution is 4.89. The van der Waals surface area contributed by atoms with Crippen LogP contribution in [0.2, 0.25) is 0 Å². The second-order valence-corrected chi connectivity index (χ2v) is 5.45. The summed E-state index contributed by atoms with van der Waals surface area (Å²) in [5.74, 6) is 0. The van der Waals surface area contributed by atoms with E-state index < -0.39 is 0 Å². The number of nitrogens with two attached hydrogens (primary N) is 1. The number of nitrogens with zero attached hydrogens (tertiary/aromatic N) is 2. The molecule has 1 aliphatic heterocycles. The molecule has 1 rings (SSSR count). The monoisotopic (exact) mass is 227 g/mol. The fourth-order valence-electron chi connectivity index (χ4n) is 2.49. The second kappa shape index (κ2) is 6.58. The highest BCUT2D eigenvalue weighted by atomic mass is 15.3. The molecule has 0 amide bonds. The van der Waals surface area contributed by atoms with Gasteiger partial charge in [0.25, 0.3) is 0 Å². The van der Waals surface area contributed by atoms with Crippen LogP contribution in [0.25, 0.3) is 0 Å². The van der Waals surface area contributed by atoms with E-state index in [1.165, 1.54) is 51.9 Å². The minimum absolute atomic E-state index is 0.233. The lowest BCUT2D eigenvalue weighted by atomic mass is 9.91. The van der Waals surface area contributed by atoms with Crippen molar-refractivity contribution in [3.05, 3.63) is 0 Å². The third-order valence-corrected chi connectivity index (χ3v) is 4.03. The van der Waals surface area contributed by atoms with E-state index in [9.17, 15) is 0 Å². The van der Waals surface area contributed by atoms with Crippen LogP contribution in [0.4, 0.5) is 0 Å². The summed E-state index contributed by atoms with van der Waals surface area (Å²) in [5, 5.41) is 0. The first-order valence-corrected chi connectivity index (χ1v) is 6.76. The quantitative estimate of drug-likeness (QED) is 0.699. The smallest absolute Gasteiger partial charge is 0.0304 e. The molecular weight excluding hydrogens is 198 g/mol. The number of likely N-dealkylation sites (N-methyl/N-ethyl adjacent to an activating group) is 1. The molecule has 0 aromatic carbocycles. The van der Waals surface area contributed by atoms with Crippen LogP contribution < -0.4 is 5.73 Å². The molecule has 1 fully saturated rings. The van der Waals surface area contributed by atoms with Crippen LogP contribution in [0.1, 0.15) is 39.5 Å². The van der Waals surface area contributed by atoms with E-state index in [0.29, 0.717) is 0 Å². The molecule has 2 N–H and O–H groups in total. The van der Waals surface area contributed by atoms with Crippen LogP contribution in [-0.2, 0) is 0 Å². The van der Waals surface area contributed by atoms with Crippen LogP contribution in [-0.4, -0.2) is 55.1 Å². The molecule has 0 radical (unpaired) electrons. The molecule has 96 valence electrons. The molecule has 0 spiro atoms. The van der Waals surface area contributed by atoms with Crippen LogP contribution >= 0.6 is 0 Å². The largest absolute Gasteiger partial charge is 0.329 e. The Morgan fingerprint density at radius 1 is 1.12 bits per heavy atom. The van der Waals surface area contributed by atoms with Gasteiger partial charge in [-0.3, -0.25) is 4.90 Å². The SMILES string of the molecule is CCCCCC(C)(CN)N1CCN(C)CC1. The molecular formula is C13H29N3. The van der Waals surface area contributed by atoms with Crippen molar-refractivity contribution in [3.8, 4) is 0 Å². The van der Waals surface area contributed by atoms with Gasteiger partial charge >= 0.3 is 0 Å². The van der Waals surface area contributed by atoms with E-state index in [-0.39, 0.29) is 5.54 Å². The zero-order chi connectivity index (χ0) is 12.0. The minimum atomic E-state index is 0.233. The molecule has 0 aromatic heterocycles. The number of rotatable bonds is 6. The molecule has 1 aliphatic rings. The fourth-order valence-corrected chi connectivity index (χ4v) is 2.49. The van der Waals surface area contributed by atoms with Crippen LogP contribution in [0.5, 0.6) is 0 Å². The average Bonchev–Trinajstić information content (AvgIpc) is 2.30. The Hall–Kier alpha value is -0.120. The molecule has 0 saturated carbocycles. The fraction of sp³-hybridized carbons (Fsp3) is 1.00. The number of hydrogen-bond donors (Lipinski definition) is 1. The standard InChI is InChI=1S/C13H29N3/c1-4-5-6-7-13(2,12-14)16-10-8-15(3)9-11-16/h4-12,14H2,1-3H3. The van der Waals surface area contributed by atoms with Gasteiger partial charge in [0.05, 0.1) is 0 Å². The van der Waals surface area contributed by atoms with Crippen molar-refractivity contribution >= 4 is 0 Å². The topological polar surface area (TPSA) is 32.5 Å². The maximum Gasteiger partial charge on any atom is 0.0304 e. The molecule has 3 heteroatoms. The molecule has 1 saturated heterocycles. The van der Waals surface area contributed by atoms with Gasteiger partial charge in [0, 0.05) is 38.3 Å². The van der Waals surface area contributed by atoms with Gasteiger partial charge in [-0.25, -0.2) is 0 Å². The summed E-state index contributed by atoms with van der Waals surface area (Å²) in [6.45, 7) is 10.1. The third kappa shape index (κ3) is 3.72. The Morgan fingerprint density at radius 2 is 1.75 bits per heavy atom. The molecule has 0 aromatic rings. The maximum absolute atomic E-state index is 6.00. The highest BCUT2D eigenvalue weighted by Gasteiger charge is 2.31. The lowest BCUT2D eigenvalue weighted by molar-refractivity contribution is 0.0486. The van der Waals surface area contributed by atoms with Gasteiger partial charge in [-0.15, -0.1) is 0 Å². The lowest BCUT2D eigenvalue weighted by Crippen LogP contribution is -2.58. The van der Waals surface area contributed by atoms with E-state index >= 15 is 0 Å². The van der Waals surface area contributed by atoms with Gasteiger partial charge in [-0.1, -0.05) is 26.2 Å². The van der Waals surface area contributed by atoms with Gasteiger partial charge in [-0.05, 0) is 20.4 Å². The van der Waals surface area contributed by atoms with E-state index in [4.69, 9.17) is 5.73 Å². The van der Waals surface area contributed by atoms with E-state index in [2.05, 4.69) is 30.7 Å². The van der Waals surface area contributed by atoms with E-state index in [1.807, 2.05) is 0 Å². The first kappa shape index (κ1) is 13.9. The first-order chi connectivity index (χ1) is 7.62. The summed E-state index contributed by atoms with van der Waals surface area (Å²) in [6.07, 6.45) is 5.20. The molecule has 1 unspecified atom stereocenters. The lowest BCUT2D eigenvalue weighted by Gasteiger charge is -2.45. The van der Waals surface area contributed by atoms with Crippen LogP contribution in [0.15, 0.2) is 0 Å². The molecule has 1 atom stereocenters. The third-order valence-electron chi connectivity index (χ3n) is 4.03. The van der Waals surface area contributed by atoms with Crippen LogP contribution in [0.3, 0.4) is 0 Å². The highest BCUT2D eigenvalue weighted by Crippen LogP contribution is 2.22. The van der Waals surface area contributed by atoms with Gasteiger partial charge in [0.1, 0.15) is 0 Å². The van der Waals surface area contributed by atoms with Crippen molar-refractivity contribution in [2.45, 2.75) is 45.1 Å². The maximum atomic E-state index is 6.00.